The lowest BCUT2D eigenvalue weighted by molar-refractivity contribution is -0.140. The second-order valence-corrected chi connectivity index (χ2v) is 7.57. The Hall–Kier alpha value is -0.440. The van der Waals surface area contributed by atoms with Crippen molar-refractivity contribution in [3.63, 3.8) is 0 Å². The maximum absolute atomic E-state index is 11.1. The second kappa shape index (κ2) is 7.71. The van der Waals surface area contributed by atoms with Gasteiger partial charge in [0.1, 0.15) is 0 Å². The third-order valence-corrected chi connectivity index (χ3v) is 5.12. The van der Waals surface area contributed by atoms with E-state index in [9.17, 15) is 4.79 Å². The van der Waals surface area contributed by atoms with Crippen LogP contribution in [0.4, 0.5) is 10.8 Å². The summed E-state index contributed by atoms with van der Waals surface area (Å²) in [6.45, 7) is 0. The highest BCUT2D eigenvalue weighted by Crippen LogP contribution is 2.36. The predicted molar refractivity (Wildman–Crippen MR) is 95.3 cm³/mol. The van der Waals surface area contributed by atoms with Crippen LogP contribution in [0.2, 0.25) is 0 Å². The molecule has 21 heavy (non-hydrogen) atoms. The first kappa shape index (κ1) is 16.9. The molecular formula is C13H11Br3N2O2S. The van der Waals surface area contributed by atoms with Crippen LogP contribution in [0, 0.1) is 0 Å². The van der Waals surface area contributed by atoms with Gasteiger partial charge in [0.2, 0.25) is 0 Å². The third-order valence-electron chi connectivity index (χ3n) is 2.60. The van der Waals surface area contributed by atoms with Crippen LogP contribution in [0.3, 0.4) is 0 Å². The van der Waals surface area contributed by atoms with Crippen LogP contribution in [0.25, 0.3) is 0 Å². The van der Waals surface area contributed by atoms with E-state index in [-0.39, 0.29) is 5.97 Å². The zero-order valence-electron chi connectivity index (χ0n) is 11.0. The summed E-state index contributed by atoms with van der Waals surface area (Å²) in [4.78, 5) is 15.6. The minimum absolute atomic E-state index is 0.226. The predicted octanol–water partition coefficient (Wildman–Crippen LogP) is 5.28. The first-order valence-electron chi connectivity index (χ1n) is 5.92. The van der Waals surface area contributed by atoms with E-state index in [4.69, 9.17) is 0 Å². The molecular weight excluding hydrogens is 488 g/mol. The van der Waals surface area contributed by atoms with Crippen molar-refractivity contribution in [1.29, 1.82) is 0 Å². The van der Waals surface area contributed by atoms with Crippen LogP contribution in [-0.2, 0) is 16.0 Å². The zero-order chi connectivity index (χ0) is 15.4. The zero-order valence-corrected chi connectivity index (χ0v) is 16.5. The molecule has 0 radical (unpaired) electrons. The average molecular weight is 499 g/mol. The number of hydrogen-bond acceptors (Lipinski definition) is 5. The number of aryl methyl sites for hydroxylation is 1. The fourth-order valence-electron chi connectivity index (χ4n) is 1.58. The molecule has 2 rings (SSSR count). The van der Waals surface area contributed by atoms with E-state index in [1.165, 1.54) is 18.4 Å². The van der Waals surface area contributed by atoms with Crippen molar-refractivity contribution >= 4 is 75.9 Å². The average Bonchev–Trinajstić information content (AvgIpc) is 2.88. The number of esters is 1. The summed E-state index contributed by atoms with van der Waals surface area (Å²) in [5, 5.41) is 5.98. The molecule has 1 aromatic carbocycles. The van der Waals surface area contributed by atoms with Gasteiger partial charge >= 0.3 is 5.97 Å². The van der Waals surface area contributed by atoms with Crippen molar-refractivity contribution in [1.82, 2.24) is 4.98 Å². The number of carbonyl (C=O) groups is 1. The second-order valence-electron chi connectivity index (χ2n) is 4.09. The summed E-state index contributed by atoms with van der Waals surface area (Å²) in [5.74, 6) is -0.226. The number of aromatic nitrogens is 1. The molecule has 0 aliphatic carbocycles. The lowest BCUT2D eigenvalue weighted by Gasteiger charge is -2.08. The number of ether oxygens (including phenoxy) is 1. The Bertz CT molecular complexity index is 638. The fraction of sp³-hybridized carbons (Fsp3) is 0.231. The molecule has 4 nitrogen and oxygen atoms in total. The van der Waals surface area contributed by atoms with E-state index in [0.29, 0.717) is 12.8 Å². The van der Waals surface area contributed by atoms with Crippen LogP contribution in [0.15, 0.2) is 30.9 Å². The summed E-state index contributed by atoms with van der Waals surface area (Å²) in [6, 6.07) is 3.91. The fourth-order valence-corrected chi connectivity index (χ4v) is 4.79. The lowest BCUT2D eigenvalue weighted by atomic mass is 10.2. The minimum atomic E-state index is -0.226. The maximum atomic E-state index is 11.1. The molecule has 0 amide bonds. The summed E-state index contributed by atoms with van der Waals surface area (Å²) in [6.07, 6.45) is 0.916. The number of anilines is 2. The number of halogens is 3. The highest BCUT2D eigenvalue weighted by atomic mass is 79.9. The highest BCUT2D eigenvalue weighted by molar-refractivity contribution is 9.11. The van der Waals surface area contributed by atoms with Gasteiger partial charge in [-0.05, 0) is 44.0 Å². The topological polar surface area (TPSA) is 51.2 Å². The van der Waals surface area contributed by atoms with Crippen LogP contribution < -0.4 is 5.32 Å². The van der Waals surface area contributed by atoms with Gasteiger partial charge in [0.25, 0.3) is 0 Å². The number of thiazole rings is 1. The Balaban J connectivity index is 2.08. The molecule has 0 bridgehead atoms. The van der Waals surface area contributed by atoms with Crippen LogP contribution in [0.1, 0.15) is 12.1 Å². The largest absolute Gasteiger partial charge is 0.469 e. The standard InChI is InChI=1S/C13H11Br3N2O2S/c1-20-11(19)3-2-8-6-21-13(17-8)18-12-9(15)4-7(14)5-10(12)16/h4-6H,2-3H2,1H3,(H,17,18). The van der Waals surface area contributed by atoms with Crippen molar-refractivity contribution in [2.75, 3.05) is 12.4 Å². The maximum Gasteiger partial charge on any atom is 0.305 e. The van der Waals surface area contributed by atoms with Crippen LogP contribution in [-0.4, -0.2) is 18.1 Å². The molecule has 0 spiro atoms. The quantitative estimate of drug-likeness (QED) is 0.570. The highest BCUT2D eigenvalue weighted by Gasteiger charge is 2.10. The first-order chi connectivity index (χ1) is 9.99. The molecule has 0 aliphatic heterocycles. The first-order valence-corrected chi connectivity index (χ1v) is 9.18. The number of nitrogens with zero attached hydrogens (tertiary/aromatic N) is 1. The summed E-state index contributed by atoms with van der Waals surface area (Å²) in [7, 11) is 1.39. The van der Waals surface area contributed by atoms with Gasteiger partial charge in [-0.3, -0.25) is 4.79 Å². The summed E-state index contributed by atoms with van der Waals surface area (Å²) >= 11 is 12.0. The van der Waals surface area contributed by atoms with Gasteiger partial charge in [0.05, 0.1) is 24.9 Å². The number of hydrogen-bond donors (Lipinski definition) is 1. The Morgan fingerprint density at radius 2 is 2.00 bits per heavy atom. The van der Waals surface area contributed by atoms with Crippen LogP contribution >= 0.6 is 59.1 Å². The van der Waals surface area contributed by atoms with Gasteiger partial charge in [-0.15, -0.1) is 11.3 Å². The van der Waals surface area contributed by atoms with E-state index in [1.54, 1.807) is 0 Å². The molecule has 0 atom stereocenters. The number of rotatable bonds is 5. The third kappa shape index (κ3) is 4.77. The molecule has 2 aromatic rings. The molecule has 1 N–H and O–H groups in total. The van der Waals surface area contributed by atoms with Crippen molar-refractivity contribution in [2.45, 2.75) is 12.8 Å². The van der Waals surface area contributed by atoms with Gasteiger partial charge in [0.15, 0.2) is 5.13 Å². The SMILES string of the molecule is COC(=O)CCc1csc(Nc2c(Br)cc(Br)cc2Br)n1. The Kier molecular flexibility index (Phi) is 6.21. The Morgan fingerprint density at radius 3 is 2.62 bits per heavy atom. The molecule has 0 aliphatic rings. The van der Waals surface area contributed by atoms with Gasteiger partial charge in [0, 0.05) is 25.2 Å². The normalized spacial score (nSPS) is 10.5. The smallest absolute Gasteiger partial charge is 0.305 e. The molecule has 8 heteroatoms. The summed E-state index contributed by atoms with van der Waals surface area (Å²) in [5.41, 5.74) is 1.78. The number of methoxy groups -OCH3 is 1. The van der Waals surface area contributed by atoms with E-state index in [2.05, 4.69) is 62.8 Å². The van der Waals surface area contributed by atoms with E-state index in [1.807, 2.05) is 17.5 Å². The van der Waals surface area contributed by atoms with E-state index < -0.39 is 0 Å². The van der Waals surface area contributed by atoms with Crippen molar-refractivity contribution in [3.05, 3.63) is 36.6 Å². The molecule has 0 saturated carbocycles. The van der Waals surface area contributed by atoms with Gasteiger partial charge in [-0.25, -0.2) is 4.98 Å². The molecule has 0 fully saturated rings. The lowest BCUT2D eigenvalue weighted by Crippen LogP contribution is -2.02. The van der Waals surface area contributed by atoms with Crippen LogP contribution in [0.5, 0.6) is 0 Å². The van der Waals surface area contributed by atoms with Crippen molar-refractivity contribution in [3.8, 4) is 0 Å². The molecule has 1 heterocycles. The molecule has 0 unspecified atom stereocenters. The molecule has 112 valence electrons. The molecule has 1 aromatic heterocycles. The van der Waals surface area contributed by atoms with Gasteiger partial charge < -0.3 is 10.1 Å². The van der Waals surface area contributed by atoms with Gasteiger partial charge in [-0.2, -0.15) is 0 Å². The Labute approximate surface area is 151 Å². The van der Waals surface area contributed by atoms with E-state index in [0.717, 1.165) is 29.9 Å². The monoisotopic (exact) mass is 496 g/mol. The van der Waals surface area contributed by atoms with Gasteiger partial charge in [-0.1, -0.05) is 15.9 Å². The number of carbonyl (C=O) groups excluding carboxylic acids is 1. The number of nitrogens with one attached hydrogen (secondary N) is 1. The number of benzene rings is 1. The minimum Gasteiger partial charge on any atom is -0.469 e. The van der Waals surface area contributed by atoms with Crippen molar-refractivity contribution in [2.24, 2.45) is 0 Å². The van der Waals surface area contributed by atoms with E-state index >= 15 is 0 Å². The van der Waals surface area contributed by atoms with Crippen molar-refractivity contribution < 1.29 is 9.53 Å². The molecule has 0 saturated heterocycles. The Morgan fingerprint density at radius 1 is 1.33 bits per heavy atom. The summed E-state index contributed by atoms with van der Waals surface area (Å²) < 4.78 is 7.45.